The van der Waals surface area contributed by atoms with Gasteiger partial charge in [-0.3, -0.25) is 9.59 Å². The molecule has 5 N–H and O–H groups in total. The van der Waals surface area contributed by atoms with Crippen LogP contribution < -0.4 is 16.4 Å². The van der Waals surface area contributed by atoms with Gasteiger partial charge in [-0.25, -0.2) is 4.79 Å². The third-order valence-electron chi connectivity index (χ3n) is 2.81. The number of rotatable bonds is 7. The van der Waals surface area contributed by atoms with Crippen LogP contribution in [0.1, 0.15) is 36.5 Å². The second kappa shape index (κ2) is 7.88. The zero-order valence-electron chi connectivity index (χ0n) is 11.8. The SMILES string of the molecule is CC(CCCC(=O)O)NC(=O)Nc1cccc(C(N)=O)c1. The quantitative estimate of drug-likeness (QED) is 0.609. The summed E-state index contributed by atoms with van der Waals surface area (Å²) in [5.41, 5.74) is 5.93. The molecule has 0 aromatic heterocycles. The molecule has 114 valence electrons. The van der Waals surface area contributed by atoms with Gasteiger partial charge in [0, 0.05) is 23.7 Å². The van der Waals surface area contributed by atoms with Crippen LogP contribution in [-0.4, -0.2) is 29.1 Å². The van der Waals surface area contributed by atoms with Crippen molar-refractivity contribution in [2.24, 2.45) is 5.73 Å². The van der Waals surface area contributed by atoms with E-state index in [0.717, 1.165) is 0 Å². The minimum atomic E-state index is -0.852. The van der Waals surface area contributed by atoms with Crippen LogP contribution in [0.4, 0.5) is 10.5 Å². The van der Waals surface area contributed by atoms with Crippen LogP contribution in [0.15, 0.2) is 24.3 Å². The molecule has 1 atom stereocenters. The predicted molar refractivity (Wildman–Crippen MR) is 78.1 cm³/mol. The molecule has 0 fully saturated rings. The number of aliphatic carboxylic acids is 1. The number of nitrogens with one attached hydrogen (secondary N) is 2. The maximum Gasteiger partial charge on any atom is 0.319 e. The second-order valence-corrected chi connectivity index (χ2v) is 4.73. The van der Waals surface area contributed by atoms with Gasteiger partial charge in [-0.15, -0.1) is 0 Å². The predicted octanol–water partition coefficient (Wildman–Crippen LogP) is 1.55. The molecule has 3 amide bonds. The molecule has 1 aromatic carbocycles. The Morgan fingerprint density at radius 2 is 2.05 bits per heavy atom. The molecule has 0 bridgehead atoms. The zero-order valence-corrected chi connectivity index (χ0v) is 11.8. The fourth-order valence-corrected chi connectivity index (χ4v) is 1.77. The summed E-state index contributed by atoms with van der Waals surface area (Å²) in [6.07, 6.45) is 1.14. The van der Waals surface area contributed by atoms with Gasteiger partial charge in [0.1, 0.15) is 0 Å². The van der Waals surface area contributed by atoms with Crippen LogP contribution in [0.5, 0.6) is 0 Å². The Morgan fingerprint density at radius 3 is 2.67 bits per heavy atom. The minimum Gasteiger partial charge on any atom is -0.481 e. The van der Waals surface area contributed by atoms with Gasteiger partial charge in [0.25, 0.3) is 0 Å². The highest BCUT2D eigenvalue weighted by molar-refractivity contribution is 5.95. The molecular formula is C14H19N3O4. The number of carboxylic acids is 1. The molecule has 0 saturated carbocycles. The van der Waals surface area contributed by atoms with E-state index in [0.29, 0.717) is 24.1 Å². The van der Waals surface area contributed by atoms with E-state index in [-0.39, 0.29) is 12.5 Å². The van der Waals surface area contributed by atoms with Crippen LogP contribution in [0.25, 0.3) is 0 Å². The van der Waals surface area contributed by atoms with Crippen molar-refractivity contribution in [1.82, 2.24) is 5.32 Å². The van der Waals surface area contributed by atoms with E-state index in [1.54, 1.807) is 25.1 Å². The Morgan fingerprint density at radius 1 is 1.33 bits per heavy atom. The summed E-state index contributed by atoms with van der Waals surface area (Å²) in [4.78, 5) is 33.2. The van der Waals surface area contributed by atoms with Gasteiger partial charge in [0.05, 0.1) is 0 Å². The number of carboxylic acid groups (broad SMARTS) is 1. The highest BCUT2D eigenvalue weighted by Crippen LogP contribution is 2.10. The number of hydrogen-bond donors (Lipinski definition) is 4. The minimum absolute atomic E-state index is 0.0777. The summed E-state index contributed by atoms with van der Waals surface area (Å²) in [5.74, 6) is -1.42. The summed E-state index contributed by atoms with van der Waals surface area (Å²) in [7, 11) is 0. The van der Waals surface area contributed by atoms with Crippen LogP contribution in [-0.2, 0) is 4.79 Å². The summed E-state index contributed by atoms with van der Waals surface area (Å²) in [6, 6.07) is 5.73. The molecule has 0 aliphatic carbocycles. The lowest BCUT2D eigenvalue weighted by molar-refractivity contribution is -0.137. The summed E-state index contributed by atoms with van der Waals surface area (Å²) in [5, 5.41) is 13.8. The van der Waals surface area contributed by atoms with Crippen LogP contribution in [0.3, 0.4) is 0 Å². The van der Waals surface area contributed by atoms with Crippen molar-refractivity contribution in [3.05, 3.63) is 29.8 Å². The molecule has 21 heavy (non-hydrogen) atoms. The summed E-state index contributed by atoms with van der Waals surface area (Å²) >= 11 is 0. The van der Waals surface area contributed by atoms with E-state index in [9.17, 15) is 14.4 Å². The van der Waals surface area contributed by atoms with Gasteiger partial charge in [0.15, 0.2) is 0 Å². The zero-order chi connectivity index (χ0) is 15.8. The monoisotopic (exact) mass is 293 g/mol. The Bertz CT molecular complexity index is 531. The van der Waals surface area contributed by atoms with E-state index >= 15 is 0 Å². The fraction of sp³-hybridized carbons (Fsp3) is 0.357. The Kier molecular flexibility index (Phi) is 6.19. The first-order chi connectivity index (χ1) is 9.88. The van der Waals surface area contributed by atoms with Crippen molar-refractivity contribution >= 4 is 23.6 Å². The molecule has 1 aromatic rings. The number of hydrogen-bond acceptors (Lipinski definition) is 3. The van der Waals surface area contributed by atoms with Crippen molar-refractivity contribution < 1.29 is 19.5 Å². The topological polar surface area (TPSA) is 122 Å². The van der Waals surface area contributed by atoms with Gasteiger partial charge in [-0.2, -0.15) is 0 Å². The molecule has 0 heterocycles. The van der Waals surface area contributed by atoms with Crippen molar-refractivity contribution in [2.75, 3.05) is 5.32 Å². The first-order valence-corrected chi connectivity index (χ1v) is 6.57. The highest BCUT2D eigenvalue weighted by atomic mass is 16.4. The molecule has 0 spiro atoms. The van der Waals surface area contributed by atoms with Crippen LogP contribution in [0.2, 0.25) is 0 Å². The second-order valence-electron chi connectivity index (χ2n) is 4.73. The number of amides is 3. The van der Waals surface area contributed by atoms with E-state index in [4.69, 9.17) is 10.8 Å². The first kappa shape index (κ1) is 16.5. The lowest BCUT2D eigenvalue weighted by Gasteiger charge is -2.14. The van der Waals surface area contributed by atoms with E-state index in [1.165, 1.54) is 6.07 Å². The number of carbonyl (C=O) groups excluding carboxylic acids is 2. The lowest BCUT2D eigenvalue weighted by atomic mass is 10.1. The molecule has 1 rings (SSSR count). The first-order valence-electron chi connectivity index (χ1n) is 6.57. The normalized spacial score (nSPS) is 11.5. The Balaban J connectivity index is 2.44. The Hall–Kier alpha value is -2.57. The third kappa shape index (κ3) is 6.42. The van der Waals surface area contributed by atoms with Crippen molar-refractivity contribution in [1.29, 1.82) is 0 Å². The average molecular weight is 293 g/mol. The maximum absolute atomic E-state index is 11.7. The van der Waals surface area contributed by atoms with Crippen LogP contribution in [0, 0.1) is 0 Å². The van der Waals surface area contributed by atoms with E-state index in [2.05, 4.69) is 10.6 Å². The van der Waals surface area contributed by atoms with E-state index < -0.39 is 17.9 Å². The molecule has 0 aliphatic rings. The van der Waals surface area contributed by atoms with Gasteiger partial charge in [-0.05, 0) is 38.0 Å². The smallest absolute Gasteiger partial charge is 0.319 e. The third-order valence-corrected chi connectivity index (χ3v) is 2.81. The van der Waals surface area contributed by atoms with E-state index in [1.807, 2.05) is 0 Å². The Labute approximate surface area is 122 Å². The number of carbonyl (C=O) groups is 3. The van der Waals surface area contributed by atoms with Crippen molar-refractivity contribution in [2.45, 2.75) is 32.2 Å². The largest absolute Gasteiger partial charge is 0.481 e. The standard InChI is InChI=1S/C14H19N3O4/c1-9(4-2-7-12(18)19)16-14(21)17-11-6-3-5-10(8-11)13(15)20/h3,5-6,8-9H,2,4,7H2,1H3,(H2,15,20)(H,18,19)(H2,16,17,21). The molecule has 0 aliphatic heterocycles. The summed E-state index contributed by atoms with van der Waals surface area (Å²) < 4.78 is 0. The molecule has 1 unspecified atom stereocenters. The number of primary amides is 1. The van der Waals surface area contributed by atoms with Crippen molar-refractivity contribution in [3.8, 4) is 0 Å². The van der Waals surface area contributed by atoms with Gasteiger partial charge < -0.3 is 21.5 Å². The van der Waals surface area contributed by atoms with Gasteiger partial charge in [-0.1, -0.05) is 6.07 Å². The number of urea groups is 1. The number of benzene rings is 1. The lowest BCUT2D eigenvalue weighted by Crippen LogP contribution is -2.36. The molecule has 0 saturated heterocycles. The van der Waals surface area contributed by atoms with Crippen molar-refractivity contribution in [3.63, 3.8) is 0 Å². The average Bonchev–Trinajstić information content (AvgIpc) is 2.38. The summed E-state index contributed by atoms with van der Waals surface area (Å²) in [6.45, 7) is 1.79. The molecule has 0 radical (unpaired) electrons. The number of anilines is 1. The van der Waals surface area contributed by atoms with Crippen LogP contribution >= 0.6 is 0 Å². The molecular weight excluding hydrogens is 274 g/mol. The van der Waals surface area contributed by atoms with Gasteiger partial charge >= 0.3 is 12.0 Å². The molecule has 7 nitrogen and oxygen atoms in total. The fourth-order valence-electron chi connectivity index (χ4n) is 1.77. The molecule has 7 heteroatoms. The number of nitrogens with two attached hydrogens (primary N) is 1. The maximum atomic E-state index is 11.7. The highest BCUT2D eigenvalue weighted by Gasteiger charge is 2.09. The van der Waals surface area contributed by atoms with Gasteiger partial charge in [0.2, 0.25) is 5.91 Å².